The summed E-state index contributed by atoms with van der Waals surface area (Å²) in [6, 6.07) is 4.80. The maximum absolute atomic E-state index is 3.69. The van der Waals surface area contributed by atoms with E-state index in [0.717, 1.165) is 19.3 Å². The molecule has 1 nitrogen and oxygen atoms in total. The molecule has 1 saturated carbocycles. The number of nitrogens with one attached hydrogen (secondary N) is 1. The van der Waals surface area contributed by atoms with Gasteiger partial charge in [0.1, 0.15) is 0 Å². The molecule has 1 aliphatic carbocycles. The molecule has 0 aromatic heterocycles. The molecule has 106 valence electrons. The normalized spacial score (nSPS) is 23.4. The van der Waals surface area contributed by atoms with Gasteiger partial charge < -0.3 is 5.32 Å². The zero-order chi connectivity index (χ0) is 13.8. The van der Waals surface area contributed by atoms with Crippen molar-refractivity contribution in [3.05, 3.63) is 25.6 Å². The molecule has 0 atom stereocenters. The van der Waals surface area contributed by atoms with Gasteiger partial charge in [-0.05, 0) is 75.6 Å². The topological polar surface area (TPSA) is 12.0 Å². The Balaban J connectivity index is 1.96. The van der Waals surface area contributed by atoms with E-state index in [1.54, 1.807) is 0 Å². The van der Waals surface area contributed by atoms with Gasteiger partial charge in [-0.3, -0.25) is 0 Å². The van der Waals surface area contributed by atoms with Gasteiger partial charge in [-0.25, -0.2) is 0 Å². The van der Waals surface area contributed by atoms with Crippen molar-refractivity contribution >= 4 is 53.5 Å². The second kappa shape index (κ2) is 7.46. The molecule has 0 radical (unpaired) electrons. The number of benzene rings is 1. The number of hydrogen-bond acceptors (Lipinski definition) is 1. The predicted molar refractivity (Wildman–Crippen MR) is 93.8 cm³/mol. The molecular weight excluding hydrogens is 434 g/mol. The molecule has 4 heteroatoms. The third kappa shape index (κ3) is 4.47. The standard InChI is InChI=1S/C15H20Br3N/c1-2-3-10-4-6-12(7-5-10)19-15-13(17)8-11(16)9-14(15)18/h8-10,12,19H,2-7H2,1H3. The van der Waals surface area contributed by atoms with Crippen molar-refractivity contribution in [1.82, 2.24) is 0 Å². The van der Waals surface area contributed by atoms with Crippen molar-refractivity contribution in [2.75, 3.05) is 5.32 Å². The Kier molecular flexibility index (Phi) is 6.22. The molecule has 1 aliphatic rings. The number of anilines is 1. The molecule has 0 spiro atoms. The molecule has 0 unspecified atom stereocenters. The lowest BCUT2D eigenvalue weighted by molar-refractivity contribution is 0.319. The van der Waals surface area contributed by atoms with E-state index in [-0.39, 0.29) is 0 Å². The molecule has 19 heavy (non-hydrogen) atoms. The van der Waals surface area contributed by atoms with Gasteiger partial charge in [0, 0.05) is 19.5 Å². The number of hydrogen-bond donors (Lipinski definition) is 1. The Labute approximate surface area is 141 Å². The van der Waals surface area contributed by atoms with Gasteiger partial charge in [-0.2, -0.15) is 0 Å². The fourth-order valence-electron chi connectivity index (χ4n) is 2.89. The van der Waals surface area contributed by atoms with E-state index >= 15 is 0 Å². The van der Waals surface area contributed by atoms with Gasteiger partial charge in [0.15, 0.2) is 0 Å². The summed E-state index contributed by atoms with van der Waals surface area (Å²) >= 11 is 10.8. The van der Waals surface area contributed by atoms with Crippen LogP contribution in [0.1, 0.15) is 45.4 Å². The molecule has 0 bridgehead atoms. The van der Waals surface area contributed by atoms with Crippen LogP contribution in [0.25, 0.3) is 0 Å². The molecule has 1 aromatic carbocycles. The second-order valence-corrected chi connectivity index (χ2v) is 8.02. The molecule has 1 aromatic rings. The molecule has 0 amide bonds. The Morgan fingerprint density at radius 3 is 2.16 bits per heavy atom. The average Bonchev–Trinajstić information content (AvgIpc) is 2.36. The van der Waals surface area contributed by atoms with Crippen LogP contribution in [0.2, 0.25) is 0 Å². The number of halogens is 3. The van der Waals surface area contributed by atoms with Gasteiger partial charge in [-0.1, -0.05) is 35.7 Å². The minimum atomic E-state index is 0.613. The quantitative estimate of drug-likeness (QED) is 0.532. The van der Waals surface area contributed by atoms with Gasteiger partial charge in [0.05, 0.1) is 5.69 Å². The maximum atomic E-state index is 3.69. The summed E-state index contributed by atoms with van der Waals surface area (Å²) in [5.74, 6) is 0.958. The fourth-order valence-corrected chi connectivity index (χ4v) is 5.38. The first kappa shape index (κ1) is 15.8. The Morgan fingerprint density at radius 1 is 1.05 bits per heavy atom. The van der Waals surface area contributed by atoms with E-state index in [1.165, 1.54) is 44.2 Å². The van der Waals surface area contributed by atoms with Crippen LogP contribution in [0, 0.1) is 5.92 Å². The van der Waals surface area contributed by atoms with Gasteiger partial charge in [-0.15, -0.1) is 0 Å². The molecule has 0 heterocycles. The van der Waals surface area contributed by atoms with Gasteiger partial charge >= 0.3 is 0 Å². The van der Waals surface area contributed by atoms with Gasteiger partial charge in [0.2, 0.25) is 0 Å². The highest BCUT2D eigenvalue weighted by atomic mass is 79.9. The van der Waals surface area contributed by atoms with Crippen molar-refractivity contribution in [3.63, 3.8) is 0 Å². The monoisotopic (exact) mass is 451 g/mol. The lowest BCUT2D eigenvalue weighted by atomic mass is 9.83. The summed E-state index contributed by atoms with van der Waals surface area (Å²) in [6.07, 6.45) is 8.05. The van der Waals surface area contributed by atoms with E-state index in [1.807, 2.05) is 0 Å². The predicted octanol–water partition coefficient (Wildman–Crippen LogP) is 6.74. The molecule has 1 fully saturated rings. The lowest BCUT2D eigenvalue weighted by Gasteiger charge is -2.30. The van der Waals surface area contributed by atoms with Crippen LogP contribution in [-0.4, -0.2) is 6.04 Å². The third-order valence-corrected chi connectivity index (χ3v) is 5.61. The van der Waals surface area contributed by atoms with Crippen LogP contribution in [0.3, 0.4) is 0 Å². The summed E-state index contributed by atoms with van der Waals surface area (Å²) in [6.45, 7) is 2.29. The van der Waals surface area contributed by atoms with Crippen molar-refractivity contribution in [1.29, 1.82) is 0 Å². The molecule has 0 saturated heterocycles. The molecule has 0 aliphatic heterocycles. The van der Waals surface area contributed by atoms with E-state index < -0.39 is 0 Å². The lowest BCUT2D eigenvalue weighted by Crippen LogP contribution is -2.26. The first-order valence-electron chi connectivity index (χ1n) is 7.01. The van der Waals surface area contributed by atoms with E-state index in [2.05, 4.69) is 72.2 Å². The summed E-state index contributed by atoms with van der Waals surface area (Å²) in [7, 11) is 0. The Morgan fingerprint density at radius 2 is 1.63 bits per heavy atom. The van der Waals surface area contributed by atoms with E-state index in [0.29, 0.717) is 6.04 Å². The Hall–Kier alpha value is 0.460. The highest BCUT2D eigenvalue weighted by molar-refractivity contribution is 9.11. The number of rotatable bonds is 4. The van der Waals surface area contributed by atoms with E-state index in [9.17, 15) is 0 Å². The zero-order valence-electron chi connectivity index (χ0n) is 11.2. The summed E-state index contributed by atoms with van der Waals surface area (Å²) in [4.78, 5) is 0. The van der Waals surface area contributed by atoms with Crippen LogP contribution in [0.5, 0.6) is 0 Å². The largest absolute Gasteiger partial charge is 0.380 e. The SMILES string of the molecule is CCCC1CCC(Nc2c(Br)cc(Br)cc2Br)CC1. The first-order valence-corrected chi connectivity index (χ1v) is 9.39. The molecule has 2 rings (SSSR count). The minimum Gasteiger partial charge on any atom is -0.380 e. The first-order chi connectivity index (χ1) is 9.10. The molecule has 1 N–H and O–H groups in total. The minimum absolute atomic E-state index is 0.613. The van der Waals surface area contributed by atoms with Gasteiger partial charge in [0.25, 0.3) is 0 Å². The second-order valence-electron chi connectivity index (χ2n) is 5.40. The van der Waals surface area contributed by atoms with Crippen LogP contribution >= 0.6 is 47.8 Å². The van der Waals surface area contributed by atoms with Crippen molar-refractivity contribution in [3.8, 4) is 0 Å². The summed E-state index contributed by atoms with van der Waals surface area (Å²) in [5.41, 5.74) is 1.18. The highest BCUT2D eigenvalue weighted by Gasteiger charge is 2.21. The maximum Gasteiger partial charge on any atom is 0.0631 e. The highest BCUT2D eigenvalue weighted by Crippen LogP contribution is 2.37. The smallest absolute Gasteiger partial charge is 0.0631 e. The van der Waals surface area contributed by atoms with Crippen LogP contribution in [0.15, 0.2) is 25.6 Å². The molecular formula is C15H20Br3N. The van der Waals surface area contributed by atoms with Crippen molar-refractivity contribution in [2.45, 2.75) is 51.5 Å². The third-order valence-electron chi connectivity index (χ3n) is 3.90. The van der Waals surface area contributed by atoms with Crippen LogP contribution < -0.4 is 5.32 Å². The van der Waals surface area contributed by atoms with Crippen molar-refractivity contribution in [2.24, 2.45) is 5.92 Å². The van der Waals surface area contributed by atoms with Crippen LogP contribution in [-0.2, 0) is 0 Å². The summed E-state index contributed by atoms with van der Waals surface area (Å²) < 4.78 is 3.32. The Bertz CT molecular complexity index is 402. The average molecular weight is 454 g/mol. The van der Waals surface area contributed by atoms with Crippen LogP contribution in [0.4, 0.5) is 5.69 Å². The summed E-state index contributed by atoms with van der Waals surface area (Å²) in [5, 5.41) is 3.69. The van der Waals surface area contributed by atoms with E-state index in [4.69, 9.17) is 0 Å². The van der Waals surface area contributed by atoms with Crippen molar-refractivity contribution < 1.29 is 0 Å². The fraction of sp³-hybridized carbons (Fsp3) is 0.600. The zero-order valence-corrected chi connectivity index (χ0v) is 15.9.